The van der Waals surface area contributed by atoms with E-state index in [1.54, 1.807) is 7.11 Å². The van der Waals surface area contributed by atoms with Gasteiger partial charge in [0.2, 0.25) is 0 Å². The van der Waals surface area contributed by atoms with Gasteiger partial charge in [0.25, 0.3) is 0 Å². The summed E-state index contributed by atoms with van der Waals surface area (Å²) in [6, 6.07) is 16.3. The van der Waals surface area contributed by atoms with Gasteiger partial charge in [-0.05, 0) is 42.3 Å². The normalized spacial score (nSPS) is 10.8. The van der Waals surface area contributed by atoms with Crippen LogP contribution in [0.5, 0.6) is 5.75 Å². The Morgan fingerprint density at radius 3 is 2.75 bits per heavy atom. The second kappa shape index (κ2) is 5.29. The molecule has 3 rings (SSSR count). The van der Waals surface area contributed by atoms with E-state index in [1.807, 2.05) is 24.3 Å². The van der Waals surface area contributed by atoms with Crippen LogP contribution < -0.4 is 10.5 Å². The number of methoxy groups -OCH3 is 1. The highest BCUT2D eigenvalue weighted by Gasteiger charge is 2.04. The summed E-state index contributed by atoms with van der Waals surface area (Å²) in [4.78, 5) is 0. The van der Waals surface area contributed by atoms with E-state index in [-0.39, 0.29) is 0 Å². The van der Waals surface area contributed by atoms with E-state index in [4.69, 9.17) is 10.5 Å². The van der Waals surface area contributed by atoms with Crippen LogP contribution in [-0.4, -0.2) is 11.7 Å². The maximum atomic E-state index is 5.98. The summed E-state index contributed by atoms with van der Waals surface area (Å²) in [5, 5.41) is 1.20. The summed E-state index contributed by atoms with van der Waals surface area (Å²) in [5.41, 5.74) is 9.27. The summed E-state index contributed by atoms with van der Waals surface area (Å²) in [5.74, 6) is 0.891. The van der Waals surface area contributed by atoms with Crippen LogP contribution in [-0.2, 0) is 13.0 Å². The van der Waals surface area contributed by atoms with Crippen molar-refractivity contribution >= 4 is 16.6 Å². The number of nitrogens with zero attached hydrogens (tertiary/aromatic N) is 1. The molecule has 0 spiro atoms. The monoisotopic (exact) mass is 266 g/mol. The van der Waals surface area contributed by atoms with E-state index < -0.39 is 0 Å². The van der Waals surface area contributed by atoms with Crippen LogP contribution in [0.3, 0.4) is 0 Å². The van der Waals surface area contributed by atoms with Crippen molar-refractivity contribution in [3.8, 4) is 5.75 Å². The Morgan fingerprint density at radius 2 is 1.95 bits per heavy atom. The summed E-state index contributed by atoms with van der Waals surface area (Å²) in [7, 11) is 1.69. The van der Waals surface area contributed by atoms with Gasteiger partial charge in [-0.3, -0.25) is 0 Å². The fraction of sp³-hybridized carbons (Fsp3) is 0.176. The Bertz CT molecular complexity index is 731. The third-order valence-electron chi connectivity index (χ3n) is 3.66. The molecule has 20 heavy (non-hydrogen) atoms. The first kappa shape index (κ1) is 12.6. The molecule has 0 aliphatic carbocycles. The average molecular weight is 266 g/mol. The minimum absolute atomic E-state index is 0.866. The lowest BCUT2D eigenvalue weighted by atomic mass is 10.1. The smallest absolute Gasteiger partial charge is 0.119 e. The van der Waals surface area contributed by atoms with Gasteiger partial charge in [0.1, 0.15) is 5.75 Å². The van der Waals surface area contributed by atoms with Gasteiger partial charge in [0, 0.05) is 29.3 Å². The predicted octanol–water partition coefficient (Wildman–Crippen LogP) is 3.47. The molecule has 0 unspecified atom stereocenters. The lowest BCUT2D eigenvalue weighted by Crippen LogP contribution is -2.02. The van der Waals surface area contributed by atoms with Crippen LogP contribution in [0.4, 0.5) is 5.69 Å². The lowest BCUT2D eigenvalue weighted by molar-refractivity contribution is 0.415. The Balaban J connectivity index is 1.83. The molecule has 0 saturated carbocycles. The number of anilines is 1. The number of ether oxygens (including phenoxy) is 1. The van der Waals surface area contributed by atoms with Crippen LogP contribution in [0.15, 0.2) is 54.7 Å². The number of aromatic nitrogens is 1. The second-order valence-corrected chi connectivity index (χ2v) is 4.88. The Hall–Kier alpha value is -2.42. The number of nitrogen functional groups attached to an aromatic ring is 1. The minimum atomic E-state index is 0.866. The number of rotatable bonds is 4. The van der Waals surface area contributed by atoms with Gasteiger partial charge in [-0.2, -0.15) is 0 Å². The standard InChI is InChI=1S/C17H18N2O/c1-20-15-6-7-17-14(12-15)9-11-19(17)10-8-13-4-2-3-5-16(13)18/h2-7,9,11-12H,8,10,18H2,1H3. The van der Waals surface area contributed by atoms with Crippen LogP contribution >= 0.6 is 0 Å². The molecule has 0 radical (unpaired) electrons. The molecule has 0 aliphatic rings. The first-order valence-electron chi connectivity index (χ1n) is 6.74. The second-order valence-electron chi connectivity index (χ2n) is 4.88. The number of fused-ring (bicyclic) bond motifs is 1. The number of aryl methyl sites for hydroxylation is 2. The van der Waals surface area contributed by atoms with Crippen molar-refractivity contribution < 1.29 is 4.74 Å². The van der Waals surface area contributed by atoms with Crippen molar-refractivity contribution in [2.75, 3.05) is 12.8 Å². The van der Waals surface area contributed by atoms with Crippen molar-refractivity contribution in [2.45, 2.75) is 13.0 Å². The lowest BCUT2D eigenvalue weighted by Gasteiger charge is -2.08. The van der Waals surface area contributed by atoms with Gasteiger partial charge in [0.05, 0.1) is 7.11 Å². The van der Waals surface area contributed by atoms with Gasteiger partial charge in [-0.25, -0.2) is 0 Å². The molecule has 102 valence electrons. The third kappa shape index (κ3) is 2.35. The first-order chi connectivity index (χ1) is 9.78. The van der Waals surface area contributed by atoms with Crippen molar-refractivity contribution in [1.29, 1.82) is 0 Å². The fourth-order valence-electron chi connectivity index (χ4n) is 2.50. The largest absolute Gasteiger partial charge is 0.497 e. The van der Waals surface area contributed by atoms with Gasteiger partial charge < -0.3 is 15.0 Å². The average Bonchev–Trinajstić information content (AvgIpc) is 2.88. The van der Waals surface area contributed by atoms with Gasteiger partial charge in [-0.15, -0.1) is 0 Å². The van der Waals surface area contributed by atoms with E-state index in [1.165, 1.54) is 16.5 Å². The molecule has 2 aromatic carbocycles. The molecule has 1 heterocycles. The molecular weight excluding hydrogens is 248 g/mol. The Labute approximate surface area is 118 Å². The topological polar surface area (TPSA) is 40.2 Å². The van der Waals surface area contributed by atoms with E-state index in [9.17, 15) is 0 Å². The first-order valence-corrected chi connectivity index (χ1v) is 6.74. The highest BCUT2D eigenvalue weighted by Crippen LogP contribution is 2.22. The van der Waals surface area contributed by atoms with Crippen LogP contribution in [0.1, 0.15) is 5.56 Å². The number of nitrogens with two attached hydrogens (primary N) is 1. The molecule has 3 aromatic rings. The van der Waals surface area contributed by atoms with Crippen molar-refractivity contribution in [1.82, 2.24) is 4.57 Å². The van der Waals surface area contributed by atoms with E-state index in [0.29, 0.717) is 0 Å². The number of benzene rings is 2. The zero-order valence-electron chi connectivity index (χ0n) is 11.5. The molecular formula is C17H18N2O. The van der Waals surface area contributed by atoms with E-state index >= 15 is 0 Å². The molecule has 0 atom stereocenters. The quantitative estimate of drug-likeness (QED) is 0.734. The molecule has 2 N–H and O–H groups in total. The molecule has 0 amide bonds. The molecule has 0 aliphatic heterocycles. The van der Waals surface area contributed by atoms with Crippen molar-refractivity contribution in [2.24, 2.45) is 0 Å². The van der Waals surface area contributed by atoms with E-state index in [0.717, 1.165) is 24.4 Å². The summed E-state index contributed by atoms with van der Waals surface area (Å²) in [6.07, 6.45) is 3.05. The van der Waals surface area contributed by atoms with Gasteiger partial charge in [0.15, 0.2) is 0 Å². The third-order valence-corrected chi connectivity index (χ3v) is 3.66. The maximum Gasteiger partial charge on any atom is 0.119 e. The van der Waals surface area contributed by atoms with Gasteiger partial charge >= 0.3 is 0 Å². The molecule has 1 aromatic heterocycles. The molecule has 0 fully saturated rings. The van der Waals surface area contributed by atoms with Crippen molar-refractivity contribution in [3.63, 3.8) is 0 Å². The molecule has 0 saturated heterocycles. The zero-order chi connectivity index (χ0) is 13.9. The summed E-state index contributed by atoms with van der Waals surface area (Å²) in [6.45, 7) is 0.921. The number of para-hydroxylation sites is 1. The SMILES string of the molecule is COc1ccc2c(ccn2CCc2ccccc2N)c1. The van der Waals surface area contributed by atoms with E-state index in [2.05, 4.69) is 35.0 Å². The summed E-state index contributed by atoms with van der Waals surface area (Å²) < 4.78 is 7.50. The number of hydrogen-bond donors (Lipinski definition) is 1. The zero-order valence-corrected chi connectivity index (χ0v) is 11.5. The highest BCUT2D eigenvalue weighted by atomic mass is 16.5. The Morgan fingerprint density at radius 1 is 1.10 bits per heavy atom. The predicted molar refractivity (Wildman–Crippen MR) is 83.0 cm³/mol. The molecule has 3 nitrogen and oxygen atoms in total. The van der Waals surface area contributed by atoms with Gasteiger partial charge in [-0.1, -0.05) is 18.2 Å². The fourth-order valence-corrected chi connectivity index (χ4v) is 2.50. The highest BCUT2D eigenvalue weighted by molar-refractivity contribution is 5.81. The van der Waals surface area contributed by atoms with Crippen LogP contribution in [0, 0.1) is 0 Å². The minimum Gasteiger partial charge on any atom is -0.497 e. The number of hydrogen-bond acceptors (Lipinski definition) is 2. The van der Waals surface area contributed by atoms with Crippen LogP contribution in [0.25, 0.3) is 10.9 Å². The van der Waals surface area contributed by atoms with Crippen LogP contribution in [0.2, 0.25) is 0 Å². The maximum absolute atomic E-state index is 5.98. The van der Waals surface area contributed by atoms with Crippen molar-refractivity contribution in [3.05, 3.63) is 60.3 Å². The summed E-state index contributed by atoms with van der Waals surface area (Å²) >= 11 is 0. The molecule has 3 heteroatoms. The molecule has 0 bridgehead atoms. The Kier molecular flexibility index (Phi) is 3.33.